The minimum Gasteiger partial charge on any atom is -0.398 e. The van der Waals surface area contributed by atoms with Crippen LogP contribution in [0.5, 0.6) is 0 Å². The lowest BCUT2D eigenvalue weighted by atomic mass is 10.2. The quantitative estimate of drug-likeness (QED) is 0.735. The number of nitrogen functional groups attached to an aromatic ring is 1. The van der Waals surface area contributed by atoms with Gasteiger partial charge in [0.25, 0.3) is 0 Å². The predicted octanol–water partition coefficient (Wildman–Crippen LogP) is 0.560. The Bertz CT molecular complexity index is 404. The van der Waals surface area contributed by atoms with Gasteiger partial charge in [-0.2, -0.15) is 0 Å². The Balaban J connectivity index is 2.78. The van der Waals surface area contributed by atoms with Crippen LogP contribution in [0.3, 0.4) is 0 Å². The third-order valence-electron chi connectivity index (χ3n) is 1.94. The molecule has 1 aromatic carbocycles. The summed E-state index contributed by atoms with van der Waals surface area (Å²) in [5, 5.41) is 0. The van der Waals surface area contributed by atoms with Gasteiger partial charge >= 0.3 is 0 Å². The number of hydrogen-bond donors (Lipinski definition) is 2. The Morgan fingerprint density at radius 1 is 1.47 bits per heavy atom. The molecule has 0 aliphatic heterocycles. The van der Waals surface area contributed by atoms with Crippen LogP contribution in [0.25, 0.3) is 0 Å². The maximum atomic E-state index is 11.7. The van der Waals surface area contributed by atoms with Gasteiger partial charge in [0.1, 0.15) is 0 Å². The molecule has 0 saturated heterocycles. The number of anilines is 1. The van der Waals surface area contributed by atoms with E-state index >= 15 is 0 Å². The normalized spacial score (nSPS) is 12.3. The summed E-state index contributed by atoms with van der Waals surface area (Å²) in [5.41, 5.74) is 12.2. The van der Waals surface area contributed by atoms with Crippen molar-refractivity contribution in [1.82, 2.24) is 0 Å². The first-order chi connectivity index (χ1) is 7.00. The lowest BCUT2D eigenvalue weighted by molar-refractivity contribution is -0.117. The lowest BCUT2D eigenvalue weighted by Crippen LogP contribution is -2.14. The number of primary amides is 1. The molecule has 1 rings (SSSR count). The summed E-state index contributed by atoms with van der Waals surface area (Å²) in [6, 6.07) is 5.33. The third-order valence-corrected chi connectivity index (χ3v) is 3.38. The minimum absolute atomic E-state index is 0.111. The summed E-state index contributed by atoms with van der Waals surface area (Å²) in [4.78, 5) is 11.1. The van der Waals surface area contributed by atoms with Crippen LogP contribution in [0.4, 0.5) is 5.69 Å². The first-order valence-electron chi connectivity index (χ1n) is 4.53. The van der Waals surface area contributed by atoms with Gasteiger partial charge in [0.05, 0.1) is 15.7 Å². The maximum absolute atomic E-state index is 11.7. The van der Waals surface area contributed by atoms with Crippen LogP contribution in [0.2, 0.25) is 0 Å². The molecule has 1 unspecified atom stereocenters. The van der Waals surface area contributed by atoms with Gasteiger partial charge in [-0.3, -0.25) is 9.00 Å². The van der Waals surface area contributed by atoms with Crippen LogP contribution >= 0.6 is 0 Å². The molecule has 0 bridgehead atoms. The summed E-state index contributed by atoms with van der Waals surface area (Å²) in [6.45, 7) is 1.91. The predicted molar refractivity (Wildman–Crippen MR) is 60.7 cm³/mol. The number of carbonyl (C=O) groups excluding carboxylic acids is 1. The molecule has 15 heavy (non-hydrogen) atoms. The monoisotopic (exact) mass is 226 g/mol. The van der Waals surface area contributed by atoms with Gasteiger partial charge in [0.15, 0.2) is 0 Å². The van der Waals surface area contributed by atoms with Gasteiger partial charge in [-0.15, -0.1) is 0 Å². The van der Waals surface area contributed by atoms with Crippen molar-refractivity contribution >= 4 is 22.4 Å². The molecule has 4 N–H and O–H groups in total. The molecule has 0 aromatic heterocycles. The molecule has 1 atom stereocenters. The highest BCUT2D eigenvalue weighted by Gasteiger charge is 2.08. The summed E-state index contributed by atoms with van der Waals surface area (Å²) >= 11 is 0. The van der Waals surface area contributed by atoms with Crippen molar-refractivity contribution in [3.05, 3.63) is 23.8 Å². The van der Waals surface area contributed by atoms with Crippen molar-refractivity contribution in [2.45, 2.75) is 18.2 Å². The number of benzene rings is 1. The molecule has 0 aliphatic carbocycles. The number of aryl methyl sites for hydroxylation is 1. The van der Waals surface area contributed by atoms with Crippen molar-refractivity contribution in [3.63, 3.8) is 0 Å². The largest absolute Gasteiger partial charge is 0.398 e. The number of nitrogens with two attached hydrogens (primary N) is 2. The SMILES string of the molecule is Cc1ccc(S(=O)CCC(N)=O)c(N)c1. The van der Waals surface area contributed by atoms with Crippen molar-refractivity contribution in [3.8, 4) is 0 Å². The molecule has 4 nitrogen and oxygen atoms in total. The third kappa shape index (κ3) is 3.36. The fraction of sp³-hybridized carbons (Fsp3) is 0.300. The molecular formula is C10H14N2O2S. The smallest absolute Gasteiger partial charge is 0.218 e. The molecular weight excluding hydrogens is 212 g/mol. The molecule has 0 radical (unpaired) electrons. The van der Waals surface area contributed by atoms with E-state index in [4.69, 9.17) is 11.5 Å². The average molecular weight is 226 g/mol. The van der Waals surface area contributed by atoms with Gasteiger partial charge in [-0.05, 0) is 24.6 Å². The van der Waals surface area contributed by atoms with Gasteiger partial charge in [-0.1, -0.05) is 6.07 Å². The molecule has 5 heteroatoms. The lowest BCUT2D eigenvalue weighted by Gasteiger charge is -2.05. The van der Waals surface area contributed by atoms with Crippen LogP contribution in [-0.2, 0) is 15.6 Å². The van der Waals surface area contributed by atoms with Gasteiger partial charge in [0, 0.05) is 17.9 Å². The standard InChI is InChI=1S/C10H14N2O2S/c1-7-2-3-9(8(11)6-7)15(14)5-4-10(12)13/h2-3,6H,4-5,11H2,1H3,(H2,12,13). The summed E-state index contributed by atoms with van der Waals surface area (Å²) in [6.07, 6.45) is 0.111. The minimum atomic E-state index is -1.25. The molecule has 0 fully saturated rings. The van der Waals surface area contributed by atoms with Gasteiger partial charge in [0.2, 0.25) is 5.91 Å². The molecule has 0 spiro atoms. The van der Waals surface area contributed by atoms with Crippen LogP contribution in [-0.4, -0.2) is 15.9 Å². The van der Waals surface area contributed by atoms with Crippen LogP contribution < -0.4 is 11.5 Å². The van der Waals surface area contributed by atoms with Crippen molar-refractivity contribution in [2.75, 3.05) is 11.5 Å². The number of hydrogen-bond acceptors (Lipinski definition) is 3. The van der Waals surface area contributed by atoms with Crippen molar-refractivity contribution in [2.24, 2.45) is 5.73 Å². The Morgan fingerprint density at radius 3 is 2.67 bits per heavy atom. The molecule has 0 aliphatic rings. The summed E-state index contributed by atoms with van der Waals surface area (Å²) in [5.74, 6) is -0.225. The first-order valence-corrected chi connectivity index (χ1v) is 5.85. The molecule has 1 amide bonds. The second kappa shape index (κ2) is 4.93. The van der Waals surface area contributed by atoms with E-state index in [9.17, 15) is 9.00 Å². The van der Waals surface area contributed by atoms with Crippen molar-refractivity contribution < 1.29 is 9.00 Å². The molecule has 1 aromatic rings. The molecule has 0 saturated carbocycles. The van der Waals surface area contributed by atoms with E-state index in [1.54, 1.807) is 12.1 Å². The highest BCUT2D eigenvalue weighted by molar-refractivity contribution is 7.85. The molecule has 82 valence electrons. The highest BCUT2D eigenvalue weighted by atomic mass is 32.2. The second-order valence-corrected chi connectivity index (χ2v) is 4.85. The zero-order chi connectivity index (χ0) is 11.4. The van der Waals surface area contributed by atoms with E-state index < -0.39 is 16.7 Å². The van der Waals surface area contributed by atoms with Crippen molar-refractivity contribution in [1.29, 1.82) is 0 Å². The highest BCUT2D eigenvalue weighted by Crippen LogP contribution is 2.18. The first kappa shape index (κ1) is 11.7. The van der Waals surface area contributed by atoms with Crippen LogP contribution in [0.1, 0.15) is 12.0 Å². The van der Waals surface area contributed by atoms with E-state index in [0.717, 1.165) is 5.56 Å². The summed E-state index contributed by atoms with van der Waals surface area (Å²) < 4.78 is 11.7. The number of amides is 1. The number of rotatable bonds is 4. The van der Waals surface area contributed by atoms with E-state index in [0.29, 0.717) is 10.6 Å². The number of carbonyl (C=O) groups is 1. The summed E-state index contributed by atoms with van der Waals surface area (Å²) in [7, 11) is -1.25. The Kier molecular flexibility index (Phi) is 3.85. The maximum Gasteiger partial charge on any atom is 0.218 e. The molecule has 0 heterocycles. The van der Waals surface area contributed by atoms with E-state index in [1.807, 2.05) is 13.0 Å². The van der Waals surface area contributed by atoms with Gasteiger partial charge in [-0.25, -0.2) is 0 Å². The zero-order valence-electron chi connectivity index (χ0n) is 8.53. The van der Waals surface area contributed by atoms with E-state index in [2.05, 4.69) is 0 Å². The average Bonchev–Trinajstić information content (AvgIpc) is 2.14. The van der Waals surface area contributed by atoms with Crippen LogP contribution in [0, 0.1) is 6.92 Å². The van der Waals surface area contributed by atoms with Gasteiger partial charge < -0.3 is 11.5 Å². The zero-order valence-corrected chi connectivity index (χ0v) is 9.34. The second-order valence-electron chi connectivity index (χ2n) is 3.31. The fourth-order valence-electron chi connectivity index (χ4n) is 1.18. The Labute approximate surface area is 91.1 Å². The fourth-order valence-corrected chi connectivity index (χ4v) is 2.33. The van der Waals surface area contributed by atoms with Crippen LogP contribution in [0.15, 0.2) is 23.1 Å². The van der Waals surface area contributed by atoms with E-state index in [1.165, 1.54) is 0 Å². The Hall–Kier alpha value is -1.36. The Morgan fingerprint density at radius 2 is 2.13 bits per heavy atom. The van der Waals surface area contributed by atoms with E-state index in [-0.39, 0.29) is 12.2 Å². The topological polar surface area (TPSA) is 86.2 Å².